The number of pyridine rings is 1. The highest BCUT2D eigenvalue weighted by molar-refractivity contribution is 5.92. The lowest BCUT2D eigenvalue weighted by molar-refractivity contribution is 0.0550. The first-order valence-electron chi connectivity index (χ1n) is 10.5. The van der Waals surface area contributed by atoms with E-state index in [0.717, 1.165) is 41.6 Å². The van der Waals surface area contributed by atoms with Crippen LogP contribution in [0.4, 0.5) is 0 Å². The number of amides is 1. The van der Waals surface area contributed by atoms with E-state index < -0.39 is 0 Å². The number of fused-ring (bicyclic) bond motifs is 1. The Morgan fingerprint density at radius 2 is 1.86 bits per heavy atom. The second-order valence-electron chi connectivity index (χ2n) is 7.94. The summed E-state index contributed by atoms with van der Waals surface area (Å²) < 4.78 is 6.05. The van der Waals surface area contributed by atoms with Gasteiger partial charge in [-0.05, 0) is 49.3 Å². The SMILES string of the molecule is CCC1CCC(C)N(C(=O)c2cccc(COc3cccc4ccccc34)n2)C1. The first-order valence-corrected chi connectivity index (χ1v) is 10.5. The van der Waals surface area contributed by atoms with E-state index >= 15 is 0 Å². The van der Waals surface area contributed by atoms with Gasteiger partial charge in [0.1, 0.15) is 18.1 Å². The molecule has 150 valence electrons. The van der Waals surface area contributed by atoms with Crippen molar-refractivity contribution in [2.75, 3.05) is 6.54 Å². The van der Waals surface area contributed by atoms with Crippen LogP contribution in [0.25, 0.3) is 10.8 Å². The van der Waals surface area contributed by atoms with Gasteiger partial charge in [0.15, 0.2) is 0 Å². The number of hydrogen-bond acceptors (Lipinski definition) is 3. The molecule has 2 atom stereocenters. The van der Waals surface area contributed by atoms with Crippen LogP contribution in [0.5, 0.6) is 5.75 Å². The summed E-state index contributed by atoms with van der Waals surface area (Å²) in [6.07, 6.45) is 3.38. The highest BCUT2D eigenvalue weighted by Crippen LogP contribution is 2.27. The largest absolute Gasteiger partial charge is 0.487 e. The second-order valence-corrected chi connectivity index (χ2v) is 7.94. The standard InChI is InChI=1S/C25H28N2O2/c1-3-19-15-14-18(2)27(16-19)25(28)23-12-7-10-21(26-23)17-29-24-13-6-9-20-8-4-5-11-22(20)24/h4-13,18-19H,3,14-17H2,1-2H3. The van der Waals surface area contributed by atoms with Crippen molar-refractivity contribution in [2.24, 2.45) is 5.92 Å². The van der Waals surface area contributed by atoms with Crippen LogP contribution in [-0.2, 0) is 6.61 Å². The van der Waals surface area contributed by atoms with Gasteiger partial charge in [-0.3, -0.25) is 4.79 Å². The van der Waals surface area contributed by atoms with Crippen molar-refractivity contribution in [3.05, 3.63) is 72.1 Å². The van der Waals surface area contributed by atoms with Crippen LogP contribution in [0.1, 0.15) is 49.3 Å². The number of nitrogens with zero attached hydrogens (tertiary/aromatic N) is 2. The Balaban J connectivity index is 1.49. The average Bonchev–Trinajstić information content (AvgIpc) is 2.77. The third-order valence-corrected chi connectivity index (χ3v) is 5.97. The fraction of sp³-hybridized carbons (Fsp3) is 0.360. The van der Waals surface area contributed by atoms with Crippen LogP contribution >= 0.6 is 0 Å². The smallest absolute Gasteiger partial charge is 0.272 e. The molecule has 2 unspecified atom stereocenters. The lowest BCUT2D eigenvalue weighted by Gasteiger charge is -2.37. The van der Waals surface area contributed by atoms with Crippen molar-refractivity contribution in [3.63, 3.8) is 0 Å². The zero-order chi connectivity index (χ0) is 20.2. The molecule has 0 saturated carbocycles. The van der Waals surface area contributed by atoms with Crippen LogP contribution in [0.2, 0.25) is 0 Å². The monoisotopic (exact) mass is 388 g/mol. The molecule has 1 aliphatic heterocycles. The number of benzene rings is 2. The lowest BCUT2D eigenvalue weighted by Crippen LogP contribution is -2.45. The quantitative estimate of drug-likeness (QED) is 0.582. The van der Waals surface area contributed by atoms with Crippen molar-refractivity contribution < 1.29 is 9.53 Å². The molecule has 0 N–H and O–H groups in total. The predicted molar refractivity (Wildman–Crippen MR) is 116 cm³/mol. The van der Waals surface area contributed by atoms with Crippen LogP contribution in [0, 0.1) is 5.92 Å². The highest BCUT2D eigenvalue weighted by atomic mass is 16.5. The van der Waals surface area contributed by atoms with E-state index in [1.807, 2.05) is 47.4 Å². The molecule has 1 saturated heterocycles. The van der Waals surface area contributed by atoms with Gasteiger partial charge < -0.3 is 9.64 Å². The van der Waals surface area contributed by atoms with Crippen molar-refractivity contribution in [1.29, 1.82) is 0 Å². The number of rotatable bonds is 5. The Kier molecular flexibility index (Phi) is 5.79. The van der Waals surface area contributed by atoms with E-state index in [-0.39, 0.29) is 11.9 Å². The topological polar surface area (TPSA) is 42.4 Å². The summed E-state index contributed by atoms with van der Waals surface area (Å²) in [4.78, 5) is 19.7. The normalized spacial score (nSPS) is 19.3. The second kappa shape index (κ2) is 8.64. The summed E-state index contributed by atoms with van der Waals surface area (Å²) in [6.45, 7) is 5.50. The number of aromatic nitrogens is 1. The minimum Gasteiger partial charge on any atom is -0.487 e. The molecule has 0 bridgehead atoms. The van der Waals surface area contributed by atoms with E-state index in [9.17, 15) is 4.79 Å². The maximum Gasteiger partial charge on any atom is 0.272 e. The molecule has 1 amide bonds. The van der Waals surface area contributed by atoms with Crippen LogP contribution in [0.15, 0.2) is 60.7 Å². The van der Waals surface area contributed by atoms with Gasteiger partial charge in [0, 0.05) is 18.0 Å². The fourth-order valence-electron chi connectivity index (χ4n) is 4.10. The van der Waals surface area contributed by atoms with Gasteiger partial charge in [-0.1, -0.05) is 55.8 Å². The van der Waals surface area contributed by atoms with E-state index in [1.54, 1.807) is 0 Å². The molecule has 1 aliphatic rings. The number of carbonyl (C=O) groups is 1. The van der Waals surface area contributed by atoms with Gasteiger partial charge in [-0.15, -0.1) is 0 Å². The summed E-state index contributed by atoms with van der Waals surface area (Å²) in [5, 5.41) is 2.22. The van der Waals surface area contributed by atoms with Crippen LogP contribution in [0.3, 0.4) is 0 Å². The van der Waals surface area contributed by atoms with Gasteiger partial charge in [-0.2, -0.15) is 0 Å². The lowest BCUT2D eigenvalue weighted by atomic mass is 9.91. The van der Waals surface area contributed by atoms with Gasteiger partial charge in [0.05, 0.1) is 5.69 Å². The number of piperidine rings is 1. The molecular formula is C25H28N2O2. The molecule has 2 heterocycles. The fourth-order valence-corrected chi connectivity index (χ4v) is 4.10. The number of carbonyl (C=O) groups excluding carboxylic acids is 1. The van der Waals surface area contributed by atoms with Gasteiger partial charge in [-0.25, -0.2) is 4.98 Å². The predicted octanol–water partition coefficient (Wildman–Crippen LogP) is 5.46. The van der Waals surface area contributed by atoms with E-state index in [2.05, 4.69) is 37.0 Å². The number of ether oxygens (including phenoxy) is 1. The third kappa shape index (κ3) is 4.26. The average molecular weight is 389 g/mol. The highest BCUT2D eigenvalue weighted by Gasteiger charge is 2.29. The first-order chi connectivity index (χ1) is 14.2. The molecule has 29 heavy (non-hydrogen) atoms. The molecule has 1 aromatic heterocycles. The maximum absolute atomic E-state index is 13.1. The summed E-state index contributed by atoms with van der Waals surface area (Å²) in [5.41, 5.74) is 1.27. The third-order valence-electron chi connectivity index (χ3n) is 5.97. The summed E-state index contributed by atoms with van der Waals surface area (Å²) in [5.74, 6) is 1.45. The summed E-state index contributed by atoms with van der Waals surface area (Å²) in [6, 6.07) is 20.1. The van der Waals surface area contributed by atoms with Crippen molar-refractivity contribution in [1.82, 2.24) is 9.88 Å². The molecule has 0 aliphatic carbocycles. The molecule has 1 fully saturated rings. The number of likely N-dealkylation sites (tertiary alicyclic amines) is 1. The van der Waals surface area contributed by atoms with Crippen LogP contribution < -0.4 is 4.74 Å². The van der Waals surface area contributed by atoms with Gasteiger partial charge in [0.25, 0.3) is 5.91 Å². The molecule has 4 heteroatoms. The molecular weight excluding hydrogens is 360 g/mol. The van der Waals surface area contributed by atoms with Crippen LogP contribution in [-0.4, -0.2) is 28.4 Å². The summed E-state index contributed by atoms with van der Waals surface area (Å²) in [7, 11) is 0. The minimum absolute atomic E-state index is 0.0302. The Morgan fingerprint density at radius 3 is 2.72 bits per heavy atom. The molecule has 0 spiro atoms. The van der Waals surface area contributed by atoms with Crippen molar-refractivity contribution >= 4 is 16.7 Å². The van der Waals surface area contributed by atoms with E-state index in [4.69, 9.17) is 4.74 Å². The Morgan fingerprint density at radius 1 is 1.07 bits per heavy atom. The van der Waals surface area contributed by atoms with Gasteiger partial charge in [0.2, 0.25) is 0 Å². The van der Waals surface area contributed by atoms with Crippen molar-refractivity contribution in [2.45, 2.75) is 45.8 Å². The Bertz CT molecular complexity index is 996. The van der Waals surface area contributed by atoms with Gasteiger partial charge >= 0.3 is 0 Å². The molecule has 2 aromatic carbocycles. The van der Waals surface area contributed by atoms with Crippen molar-refractivity contribution in [3.8, 4) is 5.75 Å². The maximum atomic E-state index is 13.1. The Labute approximate surface area is 172 Å². The summed E-state index contributed by atoms with van der Waals surface area (Å²) >= 11 is 0. The zero-order valence-corrected chi connectivity index (χ0v) is 17.2. The Hall–Kier alpha value is -2.88. The van der Waals surface area contributed by atoms with E-state index in [1.165, 1.54) is 6.42 Å². The molecule has 3 aromatic rings. The minimum atomic E-state index is 0.0302. The molecule has 4 rings (SSSR count). The van der Waals surface area contributed by atoms with E-state index in [0.29, 0.717) is 18.2 Å². The molecule has 0 radical (unpaired) electrons. The zero-order valence-electron chi connectivity index (χ0n) is 17.2. The number of hydrogen-bond donors (Lipinski definition) is 0. The molecule has 4 nitrogen and oxygen atoms in total. The first kappa shape index (κ1) is 19.4.